The Kier molecular flexibility index (Phi) is 3.91. The van der Waals surface area contributed by atoms with E-state index in [0.717, 1.165) is 23.5 Å². The van der Waals surface area contributed by atoms with E-state index in [-0.39, 0.29) is 17.9 Å². The van der Waals surface area contributed by atoms with Crippen molar-refractivity contribution in [2.45, 2.75) is 25.8 Å². The molecule has 1 aliphatic rings. The molecule has 0 aromatic carbocycles. The van der Waals surface area contributed by atoms with Gasteiger partial charge in [-0.05, 0) is 13.3 Å². The van der Waals surface area contributed by atoms with Crippen molar-refractivity contribution in [1.82, 2.24) is 10.3 Å². The minimum Gasteiger partial charge on any atom is -0.355 e. The maximum atomic E-state index is 11.8. The van der Waals surface area contributed by atoms with E-state index >= 15 is 0 Å². The fourth-order valence-corrected chi connectivity index (χ4v) is 2.64. The third kappa shape index (κ3) is 3.38. The molecule has 1 aromatic rings. The summed E-state index contributed by atoms with van der Waals surface area (Å²) in [5.41, 5.74) is 6.75. The molecule has 1 amide bonds. The number of carbonyl (C=O) groups is 1. The number of amides is 1. The number of rotatable bonds is 4. The largest absolute Gasteiger partial charge is 0.355 e. The fraction of sp³-hybridized carbons (Fsp3) is 0.500. The molecule has 2 rings (SSSR count). The average molecular weight is 251 g/mol. The van der Waals surface area contributed by atoms with Crippen LogP contribution in [-0.4, -0.2) is 23.5 Å². The van der Waals surface area contributed by atoms with Gasteiger partial charge in [0.05, 0.1) is 10.9 Å². The standard InChI is InChI=1S/C12H17N3OS/c1-8-7-17-11(15-8)4-5-14-12(16)9-2-3-10(13)6-9/h2-3,7,9-10H,4-6,13H2,1H3,(H,14,16). The first kappa shape index (κ1) is 12.3. The number of nitrogens with one attached hydrogen (secondary N) is 1. The molecule has 92 valence electrons. The quantitative estimate of drug-likeness (QED) is 0.785. The van der Waals surface area contributed by atoms with E-state index in [2.05, 4.69) is 10.3 Å². The molecular weight excluding hydrogens is 234 g/mol. The minimum absolute atomic E-state index is 0.0346. The van der Waals surface area contributed by atoms with Gasteiger partial charge in [0.15, 0.2) is 0 Å². The molecule has 0 fully saturated rings. The molecule has 0 bridgehead atoms. The predicted octanol–water partition coefficient (Wildman–Crippen LogP) is 1.01. The van der Waals surface area contributed by atoms with E-state index in [4.69, 9.17) is 5.73 Å². The number of hydrogen-bond acceptors (Lipinski definition) is 4. The summed E-state index contributed by atoms with van der Waals surface area (Å²) in [4.78, 5) is 16.1. The Labute approximate surface area is 105 Å². The smallest absolute Gasteiger partial charge is 0.227 e. The summed E-state index contributed by atoms with van der Waals surface area (Å²) in [6.07, 6.45) is 5.32. The van der Waals surface area contributed by atoms with Gasteiger partial charge in [0.1, 0.15) is 0 Å². The average Bonchev–Trinajstić information content (AvgIpc) is 2.88. The topological polar surface area (TPSA) is 68.0 Å². The highest BCUT2D eigenvalue weighted by Crippen LogP contribution is 2.16. The number of aryl methyl sites for hydroxylation is 1. The number of nitrogens with zero attached hydrogens (tertiary/aromatic N) is 1. The lowest BCUT2D eigenvalue weighted by Crippen LogP contribution is -2.32. The highest BCUT2D eigenvalue weighted by Gasteiger charge is 2.22. The molecule has 1 aromatic heterocycles. The van der Waals surface area contributed by atoms with E-state index in [1.165, 1.54) is 0 Å². The molecule has 1 aliphatic carbocycles. The molecule has 0 saturated heterocycles. The van der Waals surface area contributed by atoms with Crippen molar-refractivity contribution in [3.63, 3.8) is 0 Å². The zero-order valence-electron chi connectivity index (χ0n) is 9.85. The molecule has 1 heterocycles. The maximum Gasteiger partial charge on any atom is 0.227 e. The van der Waals surface area contributed by atoms with Crippen LogP contribution in [-0.2, 0) is 11.2 Å². The Hall–Kier alpha value is -1.20. The highest BCUT2D eigenvalue weighted by atomic mass is 32.1. The van der Waals surface area contributed by atoms with Crippen LogP contribution >= 0.6 is 11.3 Å². The molecule has 0 aliphatic heterocycles. The Balaban J connectivity index is 1.72. The molecule has 0 saturated carbocycles. The lowest BCUT2D eigenvalue weighted by molar-refractivity contribution is -0.123. The van der Waals surface area contributed by atoms with Gasteiger partial charge in [-0.3, -0.25) is 4.79 Å². The van der Waals surface area contributed by atoms with Crippen molar-refractivity contribution < 1.29 is 4.79 Å². The van der Waals surface area contributed by atoms with Gasteiger partial charge in [0.2, 0.25) is 5.91 Å². The van der Waals surface area contributed by atoms with Crippen LogP contribution in [0.25, 0.3) is 0 Å². The SMILES string of the molecule is Cc1csc(CCNC(=O)C2C=CC(N)C2)n1. The van der Waals surface area contributed by atoms with Gasteiger partial charge in [-0.2, -0.15) is 0 Å². The summed E-state index contributed by atoms with van der Waals surface area (Å²) < 4.78 is 0. The van der Waals surface area contributed by atoms with Crippen LogP contribution < -0.4 is 11.1 Å². The third-order valence-corrected chi connectivity index (χ3v) is 3.78. The molecule has 5 heteroatoms. The molecule has 17 heavy (non-hydrogen) atoms. The Morgan fingerprint density at radius 3 is 3.06 bits per heavy atom. The third-order valence-electron chi connectivity index (χ3n) is 2.76. The molecule has 4 nitrogen and oxygen atoms in total. The normalized spacial score (nSPS) is 22.9. The van der Waals surface area contributed by atoms with E-state index in [1.54, 1.807) is 11.3 Å². The first-order valence-electron chi connectivity index (χ1n) is 5.78. The van der Waals surface area contributed by atoms with Crippen molar-refractivity contribution in [2.75, 3.05) is 6.54 Å². The van der Waals surface area contributed by atoms with Gasteiger partial charge in [0.25, 0.3) is 0 Å². The number of nitrogens with two attached hydrogens (primary N) is 1. The van der Waals surface area contributed by atoms with Gasteiger partial charge >= 0.3 is 0 Å². The number of carbonyl (C=O) groups excluding carboxylic acids is 1. The van der Waals surface area contributed by atoms with Crippen molar-refractivity contribution in [3.8, 4) is 0 Å². The molecule has 3 N–H and O–H groups in total. The van der Waals surface area contributed by atoms with Crippen LogP contribution in [0.1, 0.15) is 17.1 Å². The van der Waals surface area contributed by atoms with Crippen molar-refractivity contribution in [3.05, 3.63) is 28.2 Å². The van der Waals surface area contributed by atoms with Crippen LogP contribution in [0.3, 0.4) is 0 Å². The van der Waals surface area contributed by atoms with Gasteiger partial charge < -0.3 is 11.1 Å². The van der Waals surface area contributed by atoms with Crippen LogP contribution in [0.15, 0.2) is 17.5 Å². The monoisotopic (exact) mass is 251 g/mol. The summed E-state index contributed by atoms with van der Waals surface area (Å²) in [5.74, 6) is 0.0190. The van der Waals surface area contributed by atoms with Crippen LogP contribution in [0.2, 0.25) is 0 Å². The second-order valence-corrected chi connectivity index (χ2v) is 5.26. The van der Waals surface area contributed by atoms with Gasteiger partial charge in [-0.1, -0.05) is 12.2 Å². The molecular formula is C12H17N3OS. The fourth-order valence-electron chi connectivity index (χ4n) is 1.86. The van der Waals surface area contributed by atoms with Gasteiger partial charge in [0, 0.05) is 30.1 Å². The summed E-state index contributed by atoms with van der Waals surface area (Å²) in [7, 11) is 0. The Morgan fingerprint density at radius 2 is 2.47 bits per heavy atom. The van der Waals surface area contributed by atoms with E-state index in [0.29, 0.717) is 6.54 Å². The second-order valence-electron chi connectivity index (χ2n) is 4.31. The summed E-state index contributed by atoms with van der Waals surface area (Å²) in [6, 6.07) is 0.0346. The van der Waals surface area contributed by atoms with Crippen LogP contribution in [0.4, 0.5) is 0 Å². The predicted molar refractivity (Wildman–Crippen MR) is 68.8 cm³/mol. The molecule has 2 atom stereocenters. The number of hydrogen-bond donors (Lipinski definition) is 2. The first-order valence-corrected chi connectivity index (χ1v) is 6.66. The molecule has 2 unspecified atom stereocenters. The van der Waals surface area contributed by atoms with Crippen LogP contribution in [0.5, 0.6) is 0 Å². The highest BCUT2D eigenvalue weighted by molar-refractivity contribution is 7.09. The zero-order valence-corrected chi connectivity index (χ0v) is 10.7. The summed E-state index contributed by atoms with van der Waals surface area (Å²) in [5, 5.41) is 6.02. The lowest BCUT2D eigenvalue weighted by atomic mass is 10.1. The van der Waals surface area contributed by atoms with E-state index < -0.39 is 0 Å². The van der Waals surface area contributed by atoms with E-state index in [1.807, 2.05) is 24.5 Å². The second kappa shape index (κ2) is 5.42. The number of aromatic nitrogens is 1. The van der Waals surface area contributed by atoms with Crippen molar-refractivity contribution in [2.24, 2.45) is 11.7 Å². The molecule has 0 spiro atoms. The molecule has 0 radical (unpaired) electrons. The Morgan fingerprint density at radius 1 is 1.65 bits per heavy atom. The lowest BCUT2D eigenvalue weighted by Gasteiger charge is -2.09. The van der Waals surface area contributed by atoms with E-state index in [9.17, 15) is 4.79 Å². The number of thiazole rings is 1. The summed E-state index contributed by atoms with van der Waals surface area (Å²) >= 11 is 1.64. The maximum absolute atomic E-state index is 11.8. The van der Waals surface area contributed by atoms with Gasteiger partial charge in [-0.15, -0.1) is 11.3 Å². The van der Waals surface area contributed by atoms with Crippen molar-refractivity contribution >= 4 is 17.2 Å². The zero-order chi connectivity index (χ0) is 12.3. The van der Waals surface area contributed by atoms with Crippen LogP contribution in [0, 0.1) is 12.8 Å². The first-order chi connectivity index (χ1) is 8.15. The Bertz CT molecular complexity index is 427. The van der Waals surface area contributed by atoms with Crippen molar-refractivity contribution in [1.29, 1.82) is 0 Å². The summed E-state index contributed by atoms with van der Waals surface area (Å²) in [6.45, 7) is 2.62. The minimum atomic E-state index is -0.0527. The van der Waals surface area contributed by atoms with Gasteiger partial charge in [-0.25, -0.2) is 4.98 Å².